The predicted molar refractivity (Wildman–Crippen MR) is 78.2 cm³/mol. The van der Waals surface area contributed by atoms with Gasteiger partial charge in [0.2, 0.25) is 5.91 Å². The number of thiophene rings is 2. The lowest BCUT2D eigenvalue weighted by molar-refractivity contribution is -0.120. The molecule has 2 heterocycles. The van der Waals surface area contributed by atoms with Crippen molar-refractivity contribution in [3.05, 3.63) is 44.3 Å². The van der Waals surface area contributed by atoms with Crippen molar-refractivity contribution in [2.75, 3.05) is 6.61 Å². The number of hydrogen-bond acceptors (Lipinski definition) is 4. The summed E-state index contributed by atoms with van der Waals surface area (Å²) in [6.45, 7) is 0.389. The number of amides is 1. The lowest BCUT2D eigenvalue weighted by Gasteiger charge is -2.01. The second-order valence-electron chi connectivity index (χ2n) is 3.76. The maximum Gasteiger partial charge on any atom is 0.225 e. The zero-order valence-electron chi connectivity index (χ0n) is 10.2. The van der Waals surface area contributed by atoms with Crippen LogP contribution in [-0.2, 0) is 17.8 Å². The summed E-state index contributed by atoms with van der Waals surface area (Å²) in [5.41, 5.74) is 0. The van der Waals surface area contributed by atoms with Gasteiger partial charge in [0, 0.05) is 9.75 Å². The summed E-state index contributed by atoms with van der Waals surface area (Å²) in [5.74, 6) is 5.48. The first-order chi connectivity index (χ1) is 9.28. The molecule has 0 saturated heterocycles. The largest absolute Gasteiger partial charge is 0.384 e. The van der Waals surface area contributed by atoms with Gasteiger partial charge in [0.05, 0.1) is 17.8 Å². The molecule has 0 aliphatic heterocycles. The molecule has 0 saturated carbocycles. The molecule has 3 nitrogen and oxygen atoms in total. The third-order valence-corrected chi connectivity index (χ3v) is 4.20. The van der Waals surface area contributed by atoms with Crippen molar-refractivity contribution in [3.63, 3.8) is 0 Å². The van der Waals surface area contributed by atoms with Crippen LogP contribution in [0, 0.1) is 11.8 Å². The van der Waals surface area contributed by atoms with Crippen molar-refractivity contribution in [2.45, 2.75) is 13.0 Å². The molecule has 0 spiro atoms. The Morgan fingerprint density at radius 2 is 2.21 bits per heavy atom. The van der Waals surface area contributed by atoms with E-state index in [1.807, 2.05) is 29.6 Å². The summed E-state index contributed by atoms with van der Waals surface area (Å²) in [6.07, 6.45) is 0.431. The molecule has 2 N–H and O–H groups in total. The van der Waals surface area contributed by atoms with Crippen LogP contribution in [0.2, 0.25) is 0 Å². The molecule has 0 fully saturated rings. The fraction of sp³-hybridized carbons (Fsp3) is 0.214. The van der Waals surface area contributed by atoms with Crippen molar-refractivity contribution < 1.29 is 9.90 Å². The molecule has 0 radical (unpaired) electrons. The minimum absolute atomic E-state index is 0.0267. The molecule has 19 heavy (non-hydrogen) atoms. The Hall–Kier alpha value is -1.61. The van der Waals surface area contributed by atoms with E-state index in [1.54, 1.807) is 11.3 Å². The molecule has 0 atom stereocenters. The first kappa shape index (κ1) is 13.8. The van der Waals surface area contributed by atoms with Crippen LogP contribution in [0.1, 0.15) is 14.6 Å². The van der Waals surface area contributed by atoms with Crippen LogP contribution in [0.15, 0.2) is 29.6 Å². The quantitative estimate of drug-likeness (QED) is 0.847. The molecule has 0 bridgehead atoms. The average Bonchev–Trinajstić information content (AvgIpc) is 3.05. The van der Waals surface area contributed by atoms with Crippen LogP contribution in [0.3, 0.4) is 0 Å². The van der Waals surface area contributed by atoms with E-state index in [0.29, 0.717) is 13.0 Å². The van der Waals surface area contributed by atoms with E-state index in [1.165, 1.54) is 11.3 Å². The van der Waals surface area contributed by atoms with Gasteiger partial charge in [0.25, 0.3) is 0 Å². The molecular weight excluding hydrogens is 278 g/mol. The fourth-order valence-corrected chi connectivity index (χ4v) is 3.01. The van der Waals surface area contributed by atoms with Gasteiger partial charge in [0.15, 0.2) is 0 Å². The van der Waals surface area contributed by atoms with Gasteiger partial charge in [-0.05, 0) is 23.6 Å². The van der Waals surface area contributed by atoms with Gasteiger partial charge in [0.1, 0.15) is 6.61 Å². The van der Waals surface area contributed by atoms with Crippen LogP contribution in [0.25, 0.3) is 0 Å². The highest BCUT2D eigenvalue weighted by atomic mass is 32.1. The van der Waals surface area contributed by atoms with E-state index >= 15 is 0 Å². The van der Waals surface area contributed by atoms with Gasteiger partial charge in [-0.1, -0.05) is 17.9 Å². The molecule has 0 aliphatic rings. The summed E-state index contributed by atoms with van der Waals surface area (Å²) in [7, 11) is 0. The summed E-state index contributed by atoms with van der Waals surface area (Å²) in [4.78, 5) is 14.7. The van der Waals surface area contributed by atoms with E-state index < -0.39 is 0 Å². The fourth-order valence-electron chi connectivity index (χ4n) is 1.49. The minimum atomic E-state index is -0.134. The van der Waals surface area contributed by atoms with Crippen LogP contribution in [0.5, 0.6) is 0 Å². The average molecular weight is 291 g/mol. The Bertz CT molecular complexity index is 590. The Balaban J connectivity index is 1.81. The van der Waals surface area contributed by atoms with E-state index in [0.717, 1.165) is 14.6 Å². The number of nitrogens with one attached hydrogen (secondary N) is 1. The molecule has 5 heteroatoms. The summed E-state index contributed by atoms with van der Waals surface area (Å²) >= 11 is 3.11. The van der Waals surface area contributed by atoms with Gasteiger partial charge in [-0.15, -0.1) is 22.7 Å². The lowest BCUT2D eigenvalue weighted by atomic mass is 10.3. The summed E-state index contributed by atoms with van der Waals surface area (Å²) in [5, 5.41) is 13.5. The Morgan fingerprint density at radius 1 is 1.32 bits per heavy atom. The van der Waals surface area contributed by atoms with Gasteiger partial charge in [-0.2, -0.15) is 0 Å². The molecular formula is C14H13NO2S2. The topological polar surface area (TPSA) is 49.3 Å². The number of carbonyl (C=O) groups excluding carboxylic acids is 1. The maximum absolute atomic E-state index is 11.7. The molecule has 2 aromatic heterocycles. The number of aliphatic hydroxyl groups is 1. The third kappa shape index (κ3) is 4.52. The molecule has 0 aliphatic carbocycles. The normalized spacial score (nSPS) is 9.74. The predicted octanol–water partition coefficient (Wildman–Crippen LogP) is 2.01. The second kappa shape index (κ2) is 7.10. The zero-order chi connectivity index (χ0) is 13.5. The summed E-state index contributed by atoms with van der Waals surface area (Å²) < 4.78 is 0. The number of hydrogen-bond donors (Lipinski definition) is 2. The maximum atomic E-state index is 11.7. The first-order valence-corrected chi connectivity index (χ1v) is 7.45. The van der Waals surface area contributed by atoms with Crippen molar-refractivity contribution >= 4 is 28.6 Å². The molecule has 0 aromatic carbocycles. The molecule has 98 valence electrons. The van der Waals surface area contributed by atoms with Crippen LogP contribution in [-0.4, -0.2) is 17.6 Å². The number of carbonyl (C=O) groups is 1. The molecule has 0 unspecified atom stereocenters. The van der Waals surface area contributed by atoms with Crippen molar-refractivity contribution in [3.8, 4) is 11.8 Å². The highest BCUT2D eigenvalue weighted by Gasteiger charge is 2.05. The lowest BCUT2D eigenvalue weighted by Crippen LogP contribution is -2.23. The van der Waals surface area contributed by atoms with Gasteiger partial charge in [-0.3, -0.25) is 4.79 Å². The molecule has 2 rings (SSSR count). The van der Waals surface area contributed by atoms with Gasteiger partial charge in [-0.25, -0.2) is 0 Å². The zero-order valence-corrected chi connectivity index (χ0v) is 11.8. The SMILES string of the molecule is O=C(Cc1cccs1)NCc1ccc(C#CCO)s1. The van der Waals surface area contributed by atoms with Gasteiger partial charge < -0.3 is 10.4 Å². The highest BCUT2D eigenvalue weighted by molar-refractivity contribution is 7.12. The Kier molecular flexibility index (Phi) is 5.16. The van der Waals surface area contributed by atoms with E-state index in [2.05, 4.69) is 17.2 Å². The van der Waals surface area contributed by atoms with E-state index in [9.17, 15) is 4.79 Å². The minimum Gasteiger partial charge on any atom is -0.384 e. The molecule has 2 aromatic rings. The highest BCUT2D eigenvalue weighted by Crippen LogP contribution is 2.15. The number of rotatable bonds is 4. The van der Waals surface area contributed by atoms with Crippen LogP contribution in [0.4, 0.5) is 0 Å². The van der Waals surface area contributed by atoms with Crippen LogP contribution < -0.4 is 5.32 Å². The monoisotopic (exact) mass is 291 g/mol. The van der Waals surface area contributed by atoms with Crippen molar-refractivity contribution in [1.29, 1.82) is 0 Å². The Morgan fingerprint density at radius 3 is 2.95 bits per heavy atom. The molecule has 1 amide bonds. The van der Waals surface area contributed by atoms with Crippen molar-refractivity contribution in [2.24, 2.45) is 0 Å². The third-order valence-electron chi connectivity index (χ3n) is 2.33. The first-order valence-electron chi connectivity index (χ1n) is 5.75. The smallest absolute Gasteiger partial charge is 0.225 e. The second-order valence-corrected chi connectivity index (χ2v) is 5.96. The van der Waals surface area contributed by atoms with Gasteiger partial charge >= 0.3 is 0 Å². The van der Waals surface area contributed by atoms with Crippen LogP contribution >= 0.6 is 22.7 Å². The summed E-state index contributed by atoms with van der Waals surface area (Å²) in [6, 6.07) is 7.74. The standard InChI is InChI=1S/C14H13NO2S2/c16-7-1-3-11-5-6-13(19-11)10-15-14(17)9-12-4-2-8-18-12/h2,4-6,8,16H,7,9-10H2,(H,15,17). The van der Waals surface area contributed by atoms with E-state index in [4.69, 9.17) is 5.11 Å². The number of aliphatic hydroxyl groups excluding tert-OH is 1. The Labute approximate surface area is 119 Å². The van der Waals surface area contributed by atoms with Crippen molar-refractivity contribution in [1.82, 2.24) is 5.32 Å². The van der Waals surface area contributed by atoms with E-state index in [-0.39, 0.29) is 12.5 Å².